The van der Waals surface area contributed by atoms with Crippen LogP contribution in [0.3, 0.4) is 0 Å². The molecule has 128 valence electrons. The average Bonchev–Trinajstić information content (AvgIpc) is 2.57. The van der Waals surface area contributed by atoms with Crippen molar-refractivity contribution in [3.8, 4) is 0 Å². The van der Waals surface area contributed by atoms with Crippen molar-refractivity contribution in [3.05, 3.63) is 70.8 Å². The van der Waals surface area contributed by atoms with Gasteiger partial charge in [-0.05, 0) is 36.6 Å². The number of aliphatic hydroxyl groups excluding tert-OH is 1. The first-order valence-electron chi connectivity index (χ1n) is 8.10. The maximum atomic E-state index is 12.5. The Bertz CT molecular complexity index is 670. The first-order chi connectivity index (χ1) is 11.5. The molecule has 0 bridgehead atoms. The van der Waals surface area contributed by atoms with E-state index in [2.05, 4.69) is 0 Å². The van der Waals surface area contributed by atoms with Crippen LogP contribution >= 0.6 is 0 Å². The molecule has 0 radical (unpaired) electrons. The Balaban J connectivity index is 1.83. The molecule has 2 rings (SSSR count). The van der Waals surface area contributed by atoms with Crippen LogP contribution in [0.15, 0.2) is 48.5 Å². The summed E-state index contributed by atoms with van der Waals surface area (Å²) in [4.78, 5) is 14.1. The topological polar surface area (TPSA) is 49.8 Å². The number of aliphatic hydroxyl groups is 1. The lowest BCUT2D eigenvalue weighted by Gasteiger charge is -2.22. The summed E-state index contributed by atoms with van der Waals surface area (Å²) in [7, 11) is 1.70. The molecule has 4 nitrogen and oxygen atoms in total. The van der Waals surface area contributed by atoms with Crippen LogP contribution in [0, 0.1) is 13.8 Å². The zero-order valence-electron chi connectivity index (χ0n) is 14.5. The Morgan fingerprint density at radius 3 is 2.54 bits per heavy atom. The van der Waals surface area contributed by atoms with E-state index in [-0.39, 0.29) is 19.1 Å². The van der Waals surface area contributed by atoms with Gasteiger partial charge >= 0.3 is 0 Å². The first-order valence-corrected chi connectivity index (χ1v) is 8.10. The highest BCUT2D eigenvalue weighted by Gasteiger charge is 2.17. The quantitative estimate of drug-likeness (QED) is 0.850. The van der Waals surface area contributed by atoms with Crippen LogP contribution in [0.25, 0.3) is 0 Å². The normalized spacial score (nSPS) is 12.0. The number of carbonyl (C=O) groups is 1. The van der Waals surface area contributed by atoms with Gasteiger partial charge in [-0.2, -0.15) is 0 Å². The predicted octanol–water partition coefficient (Wildman–Crippen LogP) is 2.95. The van der Waals surface area contributed by atoms with Crippen molar-refractivity contribution >= 4 is 5.91 Å². The predicted molar refractivity (Wildman–Crippen MR) is 95.0 cm³/mol. The van der Waals surface area contributed by atoms with E-state index in [1.165, 1.54) is 4.90 Å². The van der Waals surface area contributed by atoms with E-state index in [1.54, 1.807) is 7.05 Å². The number of likely N-dealkylation sites (N-methyl/N-ethyl adjacent to an activating group) is 1. The minimum atomic E-state index is -0.715. The summed E-state index contributed by atoms with van der Waals surface area (Å²) >= 11 is 0. The third-order valence-electron chi connectivity index (χ3n) is 4.09. The van der Waals surface area contributed by atoms with E-state index < -0.39 is 6.10 Å². The molecule has 0 spiro atoms. The van der Waals surface area contributed by atoms with Gasteiger partial charge in [0.15, 0.2) is 0 Å². The molecule has 1 atom stereocenters. The van der Waals surface area contributed by atoms with Crippen LogP contribution in [-0.4, -0.2) is 42.2 Å². The summed E-state index contributed by atoms with van der Waals surface area (Å²) in [6.45, 7) is 4.81. The van der Waals surface area contributed by atoms with Crippen molar-refractivity contribution in [2.24, 2.45) is 0 Å². The third-order valence-corrected chi connectivity index (χ3v) is 4.09. The van der Waals surface area contributed by atoms with E-state index in [0.717, 1.165) is 16.7 Å². The van der Waals surface area contributed by atoms with Crippen LogP contribution in [0.2, 0.25) is 0 Å². The van der Waals surface area contributed by atoms with Crippen molar-refractivity contribution in [2.45, 2.75) is 26.6 Å². The fourth-order valence-corrected chi connectivity index (χ4v) is 2.53. The van der Waals surface area contributed by atoms with Gasteiger partial charge in [0.2, 0.25) is 0 Å². The smallest absolute Gasteiger partial charge is 0.253 e. The van der Waals surface area contributed by atoms with Gasteiger partial charge < -0.3 is 14.7 Å². The summed E-state index contributed by atoms with van der Waals surface area (Å²) in [5.74, 6) is -0.0849. The van der Waals surface area contributed by atoms with Crippen molar-refractivity contribution in [1.82, 2.24) is 4.90 Å². The van der Waals surface area contributed by atoms with E-state index in [0.29, 0.717) is 12.2 Å². The summed E-state index contributed by atoms with van der Waals surface area (Å²) in [5.41, 5.74) is 3.80. The maximum absolute atomic E-state index is 12.5. The molecule has 2 aromatic carbocycles. The number of amides is 1. The van der Waals surface area contributed by atoms with E-state index in [9.17, 15) is 9.90 Å². The highest BCUT2D eigenvalue weighted by molar-refractivity contribution is 5.95. The van der Waals surface area contributed by atoms with Gasteiger partial charge in [0.25, 0.3) is 5.91 Å². The molecular formula is C20H25NO3. The molecule has 0 aliphatic rings. The van der Waals surface area contributed by atoms with Crippen LogP contribution < -0.4 is 0 Å². The number of ether oxygens (including phenoxy) is 1. The lowest BCUT2D eigenvalue weighted by molar-refractivity contribution is 0.0137. The van der Waals surface area contributed by atoms with Gasteiger partial charge in [-0.25, -0.2) is 0 Å². The van der Waals surface area contributed by atoms with Crippen LogP contribution in [0.4, 0.5) is 0 Å². The van der Waals surface area contributed by atoms with Gasteiger partial charge in [0, 0.05) is 19.2 Å². The molecule has 0 aliphatic carbocycles. The molecule has 1 N–H and O–H groups in total. The molecule has 1 unspecified atom stereocenters. The molecule has 0 aromatic heterocycles. The zero-order chi connectivity index (χ0) is 17.5. The molecule has 0 heterocycles. The van der Waals surface area contributed by atoms with Crippen LogP contribution in [0.1, 0.15) is 27.0 Å². The van der Waals surface area contributed by atoms with Crippen molar-refractivity contribution in [1.29, 1.82) is 0 Å². The van der Waals surface area contributed by atoms with E-state index in [1.807, 2.05) is 62.4 Å². The van der Waals surface area contributed by atoms with E-state index in [4.69, 9.17) is 4.74 Å². The second-order valence-corrected chi connectivity index (χ2v) is 6.09. The number of hydrogen-bond acceptors (Lipinski definition) is 3. The van der Waals surface area contributed by atoms with Gasteiger partial charge in [-0.3, -0.25) is 4.79 Å². The average molecular weight is 327 g/mol. The van der Waals surface area contributed by atoms with Crippen molar-refractivity contribution in [2.75, 3.05) is 20.2 Å². The van der Waals surface area contributed by atoms with Gasteiger partial charge in [-0.15, -0.1) is 0 Å². The highest BCUT2D eigenvalue weighted by Crippen LogP contribution is 2.14. The zero-order valence-corrected chi connectivity index (χ0v) is 14.5. The SMILES string of the molecule is Cc1cccc(C(=O)N(C)CC(O)COCc2ccccc2)c1C. The Morgan fingerprint density at radius 2 is 1.83 bits per heavy atom. The molecule has 0 fully saturated rings. The summed E-state index contributed by atoms with van der Waals surface area (Å²) in [6, 6.07) is 15.5. The lowest BCUT2D eigenvalue weighted by atomic mass is 10.0. The number of rotatable bonds is 7. The van der Waals surface area contributed by atoms with Gasteiger partial charge in [0.1, 0.15) is 0 Å². The minimum absolute atomic E-state index is 0.0849. The van der Waals surface area contributed by atoms with Crippen LogP contribution in [-0.2, 0) is 11.3 Å². The van der Waals surface area contributed by atoms with E-state index >= 15 is 0 Å². The number of aryl methyl sites for hydroxylation is 1. The summed E-state index contributed by atoms with van der Waals surface area (Å²) < 4.78 is 5.52. The molecule has 0 aliphatic heterocycles. The summed E-state index contributed by atoms with van der Waals surface area (Å²) in [6.07, 6.45) is -0.715. The molecule has 4 heteroatoms. The summed E-state index contributed by atoms with van der Waals surface area (Å²) in [5, 5.41) is 10.1. The second kappa shape index (κ2) is 8.62. The number of carbonyl (C=O) groups excluding carboxylic acids is 1. The monoisotopic (exact) mass is 327 g/mol. The number of nitrogens with zero attached hydrogens (tertiary/aromatic N) is 1. The van der Waals surface area contributed by atoms with Gasteiger partial charge in [-0.1, -0.05) is 42.5 Å². The van der Waals surface area contributed by atoms with Crippen LogP contribution in [0.5, 0.6) is 0 Å². The molecule has 24 heavy (non-hydrogen) atoms. The Hall–Kier alpha value is -2.17. The van der Waals surface area contributed by atoms with Crippen molar-refractivity contribution < 1.29 is 14.6 Å². The number of hydrogen-bond donors (Lipinski definition) is 1. The van der Waals surface area contributed by atoms with Crippen molar-refractivity contribution in [3.63, 3.8) is 0 Å². The lowest BCUT2D eigenvalue weighted by Crippen LogP contribution is -2.36. The molecule has 2 aromatic rings. The minimum Gasteiger partial charge on any atom is -0.389 e. The number of benzene rings is 2. The molecule has 1 amide bonds. The van der Waals surface area contributed by atoms with Gasteiger partial charge in [0.05, 0.1) is 19.3 Å². The standard InChI is InChI=1S/C20H25NO3/c1-15-8-7-11-19(16(15)2)20(23)21(3)12-18(22)14-24-13-17-9-5-4-6-10-17/h4-11,18,22H,12-14H2,1-3H3. The largest absolute Gasteiger partial charge is 0.389 e. The fourth-order valence-electron chi connectivity index (χ4n) is 2.53. The Kier molecular flexibility index (Phi) is 6.53. The second-order valence-electron chi connectivity index (χ2n) is 6.09. The molecule has 0 saturated carbocycles. The maximum Gasteiger partial charge on any atom is 0.253 e. The molecule has 0 saturated heterocycles. The first kappa shape index (κ1) is 18.2. The Morgan fingerprint density at radius 1 is 1.12 bits per heavy atom. The Labute approximate surface area is 143 Å². The third kappa shape index (κ3) is 4.91. The highest BCUT2D eigenvalue weighted by atomic mass is 16.5. The fraction of sp³-hybridized carbons (Fsp3) is 0.350. The molecular weight excluding hydrogens is 302 g/mol.